The van der Waals surface area contributed by atoms with Crippen LogP contribution >= 0.6 is 0 Å². The summed E-state index contributed by atoms with van der Waals surface area (Å²) in [5.41, 5.74) is -0.0965. The van der Waals surface area contributed by atoms with Crippen molar-refractivity contribution in [2.45, 2.75) is 19.0 Å². The van der Waals surface area contributed by atoms with E-state index in [1.54, 1.807) is 6.07 Å². The van der Waals surface area contributed by atoms with Gasteiger partial charge in [-0.3, -0.25) is 4.79 Å². The number of pyridine rings is 1. The van der Waals surface area contributed by atoms with Crippen LogP contribution in [0.3, 0.4) is 0 Å². The highest BCUT2D eigenvalue weighted by Crippen LogP contribution is 2.35. The first-order valence-corrected chi connectivity index (χ1v) is 6.56. The van der Waals surface area contributed by atoms with Crippen LogP contribution in [0.1, 0.15) is 17.5 Å². The Morgan fingerprint density at radius 3 is 2.77 bits per heavy atom. The monoisotopic (exact) mass is 308 g/mol. The van der Waals surface area contributed by atoms with Crippen molar-refractivity contribution >= 4 is 11.7 Å². The number of anilines is 1. The first kappa shape index (κ1) is 14.4. The van der Waals surface area contributed by atoms with Gasteiger partial charge in [0.05, 0.1) is 5.56 Å². The summed E-state index contributed by atoms with van der Waals surface area (Å²) in [7, 11) is 0. The molecule has 1 aliphatic rings. The largest absolute Gasteiger partial charge is 0.457 e. The summed E-state index contributed by atoms with van der Waals surface area (Å²) >= 11 is 0. The fourth-order valence-electron chi connectivity index (χ4n) is 2.22. The van der Waals surface area contributed by atoms with Gasteiger partial charge in [-0.25, -0.2) is 4.98 Å². The molecule has 1 amide bonds. The van der Waals surface area contributed by atoms with E-state index in [0.717, 1.165) is 12.1 Å². The number of nitrogens with one attached hydrogen (secondary N) is 1. The maximum absolute atomic E-state index is 12.7. The number of alkyl halides is 3. The van der Waals surface area contributed by atoms with Gasteiger partial charge in [0.25, 0.3) is 0 Å². The van der Waals surface area contributed by atoms with E-state index in [0.29, 0.717) is 23.6 Å². The van der Waals surface area contributed by atoms with E-state index in [1.165, 1.54) is 18.3 Å². The number of aromatic nitrogens is 1. The van der Waals surface area contributed by atoms with Gasteiger partial charge in [0.1, 0.15) is 17.3 Å². The second-order valence-electron chi connectivity index (χ2n) is 4.81. The lowest BCUT2D eigenvalue weighted by molar-refractivity contribution is -0.137. The molecule has 4 nitrogen and oxygen atoms in total. The highest BCUT2D eigenvalue weighted by atomic mass is 19.4. The summed E-state index contributed by atoms with van der Waals surface area (Å²) in [6, 6.07) is 6.22. The molecule has 0 bridgehead atoms. The molecule has 0 atom stereocenters. The summed E-state index contributed by atoms with van der Waals surface area (Å²) in [6.07, 6.45) is -2.26. The second-order valence-corrected chi connectivity index (χ2v) is 4.81. The Balaban J connectivity index is 1.91. The molecular formula is C15H11F3N2O2. The standard InChI is InChI=1S/C15H11F3N2O2/c16-15(17,18)9-2-1-3-10(8-9)22-12-6-7-19-14-11(12)4-5-13(21)20-14/h1-3,6-8H,4-5H2,(H,19,20,21). The Bertz CT molecular complexity index is 729. The van der Waals surface area contributed by atoms with Crippen LogP contribution < -0.4 is 10.1 Å². The molecular weight excluding hydrogens is 297 g/mol. The third-order valence-electron chi connectivity index (χ3n) is 3.26. The van der Waals surface area contributed by atoms with Gasteiger partial charge in [-0.05, 0) is 30.7 Å². The summed E-state index contributed by atoms with van der Waals surface area (Å²) in [5.74, 6) is 0.724. The molecule has 7 heteroatoms. The molecule has 1 aromatic carbocycles. The zero-order valence-electron chi connectivity index (χ0n) is 11.3. The predicted molar refractivity (Wildman–Crippen MR) is 72.7 cm³/mol. The summed E-state index contributed by atoms with van der Waals surface area (Å²) in [6.45, 7) is 0. The van der Waals surface area contributed by atoms with Crippen LogP contribution in [-0.4, -0.2) is 10.9 Å². The summed E-state index contributed by atoms with van der Waals surface area (Å²) in [4.78, 5) is 15.4. The maximum atomic E-state index is 12.7. The number of carbonyl (C=O) groups is 1. The van der Waals surface area contributed by atoms with E-state index in [-0.39, 0.29) is 18.1 Å². The van der Waals surface area contributed by atoms with Crippen molar-refractivity contribution in [3.8, 4) is 11.5 Å². The molecule has 2 aromatic rings. The van der Waals surface area contributed by atoms with Crippen LogP contribution in [-0.2, 0) is 17.4 Å². The van der Waals surface area contributed by atoms with Gasteiger partial charge in [0.15, 0.2) is 0 Å². The molecule has 0 saturated carbocycles. The van der Waals surface area contributed by atoms with Gasteiger partial charge in [-0.15, -0.1) is 0 Å². The molecule has 2 heterocycles. The maximum Gasteiger partial charge on any atom is 0.416 e. The van der Waals surface area contributed by atoms with Crippen molar-refractivity contribution in [2.75, 3.05) is 5.32 Å². The number of carbonyl (C=O) groups excluding carboxylic acids is 1. The highest BCUT2D eigenvalue weighted by molar-refractivity contribution is 5.93. The van der Waals surface area contributed by atoms with Crippen LogP contribution in [0.2, 0.25) is 0 Å². The number of nitrogens with zero attached hydrogens (tertiary/aromatic N) is 1. The molecule has 1 aromatic heterocycles. The first-order valence-electron chi connectivity index (χ1n) is 6.56. The minimum atomic E-state index is -4.43. The van der Waals surface area contributed by atoms with Gasteiger partial charge in [-0.1, -0.05) is 6.07 Å². The van der Waals surface area contributed by atoms with E-state index in [1.807, 2.05) is 0 Å². The van der Waals surface area contributed by atoms with Crippen molar-refractivity contribution in [3.63, 3.8) is 0 Å². The van der Waals surface area contributed by atoms with E-state index in [4.69, 9.17) is 4.74 Å². The minimum Gasteiger partial charge on any atom is -0.457 e. The Kier molecular flexibility index (Phi) is 3.48. The first-order chi connectivity index (χ1) is 10.4. The minimum absolute atomic E-state index is 0.0834. The van der Waals surface area contributed by atoms with Crippen molar-refractivity contribution in [1.29, 1.82) is 0 Å². The zero-order chi connectivity index (χ0) is 15.7. The smallest absolute Gasteiger partial charge is 0.416 e. The number of hydrogen-bond donors (Lipinski definition) is 1. The average molecular weight is 308 g/mol. The number of amides is 1. The molecule has 114 valence electrons. The van der Waals surface area contributed by atoms with Gasteiger partial charge in [0, 0.05) is 18.2 Å². The van der Waals surface area contributed by atoms with Crippen molar-refractivity contribution in [1.82, 2.24) is 4.98 Å². The number of halogens is 3. The normalized spacial score (nSPS) is 14.2. The summed E-state index contributed by atoms with van der Waals surface area (Å²) in [5, 5.41) is 2.61. The molecule has 0 spiro atoms. The Hall–Kier alpha value is -2.57. The van der Waals surface area contributed by atoms with Crippen LogP contribution in [0.4, 0.5) is 19.0 Å². The van der Waals surface area contributed by atoms with Gasteiger partial charge in [-0.2, -0.15) is 13.2 Å². The van der Waals surface area contributed by atoms with Crippen LogP contribution in [0, 0.1) is 0 Å². The Morgan fingerprint density at radius 2 is 2.00 bits per heavy atom. The topological polar surface area (TPSA) is 51.2 Å². The Morgan fingerprint density at radius 1 is 1.18 bits per heavy atom. The average Bonchev–Trinajstić information content (AvgIpc) is 2.46. The Labute approximate surface area is 123 Å². The van der Waals surface area contributed by atoms with E-state index >= 15 is 0 Å². The molecule has 0 fully saturated rings. The van der Waals surface area contributed by atoms with E-state index < -0.39 is 11.7 Å². The van der Waals surface area contributed by atoms with Crippen molar-refractivity contribution < 1.29 is 22.7 Å². The lowest BCUT2D eigenvalue weighted by Crippen LogP contribution is -2.20. The van der Waals surface area contributed by atoms with E-state index in [2.05, 4.69) is 10.3 Å². The molecule has 1 aliphatic heterocycles. The number of benzene rings is 1. The van der Waals surface area contributed by atoms with Gasteiger partial charge in [0.2, 0.25) is 5.91 Å². The van der Waals surface area contributed by atoms with Gasteiger partial charge < -0.3 is 10.1 Å². The van der Waals surface area contributed by atoms with Crippen molar-refractivity contribution in [2.24, 2.45) is 0 Å². The second kappa shape index (κ2) is 5.32. The van der Waals surface area contributed by atoms with Crippen LogP contribution in [0.5, 0.6) is 11.5 Å². The molecule has 0 unspecified atom stereocenters. The quantitative estimate of drug-likeness (QED) is 0.918. The van der Waals surface area contributed by atoms with E-state index in [9.17, 15) is 18.0 Å². The van der Waals surface area contributed by atoms with Crippen molar-refractivity contribution in [3.05, 3.63) is 47.7 Å². The number of ether oxygens (including phenoxy) is 1. The fraction of sp³-hybridized carbons (Fsp3) is 0.200. The lowest BCUT2D eigenvalue weighted by Gasteiger charge is -2.19. The van der Waals surface area contributed by atoms with Crippen LogP contribution in [0.25, 0.3) is 0 Å². The molecule has 0 aliphatic carbocycles. The number of rotatable bonds is 2. The third-order valence-corrected chi connectivity index (χ3v) is 3.26. The molecule has 0 saturated heterocycles. The molecule has 0 radical (unpaired) electrons. The summed E-state index contributed by atoms with van der Waals surface area (Å²) < 4.78 is 43.7. The SMILES string of the molecule is O=C1CCc2c(Oc3cccc(C(F)(F)F)c3)ccnc2N1. The van der Waals surface area contributed by atoms with Crippen LogP contribution in [0.15, 0.2) is 36.5 Å². The predicted octanol–water partition coefficient (Wildman–Crippen LogP) is 3.78. The lowest BCUT2D eigenvalue weighted by atomic mass is 10.1. The molecule has 3 rings (SSSR count). The van der Waals surface area contributed by atoms with Gasteiger partial charge >= 0.3 is 6.18 Å². The number of hydrogen-bond acceptors (Lipinski definition) is 3. The highest BCUT2D eigenvalue weighted by Gasteiger charge is 2.30. The molecule has 22 heavy (non-hydrogen) atoms. The zero-order valence-corrected chi connectivity index (χ0v) is 11.3. The molecule has 1 N–H and O–H groups in total. The third kappa shape index (κ3) is 2.88. The fourth-order valence-corrected chi connectivity index (χ4v) is 2.22. The number of fused-ring (bicyclic) bond motifs is 1.